The van der Waals surface area contributed by atoms with Gasteiger partial charge in [-0.15, -0.1) is 0 Å². The maximum absolute atomic E-state index is 14.2. The van der Waals surface area contributed by atoms with Gasteiger partial charge in [-0.3, -0.25) is 0 Å². The van der Waals surface area contributed by atoms with E-state index in [0.717, 1.165) is 6.07 Å². The Kier molecular flexibility index (Phi) is 3.99. The van der Waals surface area contributed by atoms with Gasteiger partial charge in [0.2, 0.25) is 9.84 Å². The van der Waals surface area contributed by atoms with Gasteiger partial charge in [-0.25, -0.2) is 12.8 Å². The molecule has 0 saturated carbocycles. The Morgan fingerprint density at radius 2 is 1.92 bits per heavy atom. The number of hydrogen-bond acceptors (Lipinski definition) is 5. The van der Waals surface area contributed by atoms with Crippen LogP contribution in [0.5, 0.6) is 5.75 Å². The molecule has 0 aromatic heterocycles. The Morgan fingerprint density at radius 3 is 2.54 bits per heavy atom. The minimum absolute atomic E-state index is 0.165. The molecule has 0 saturated heterocycles. The summed E-state index contributed by atoms with van der Waals surface area (Å²) in [5.74, 6) is -0.223. The van der Waals surface area contributed by atoms with Crippen molar-refractivity contribution in [3.05, 3.63) is 59.4 Å². The van der Waals surface area contributed by atoms with Crippen molar-refractivity contribution in [2.24, 2.45) is 0 Å². The van der Waals surface area contributed by atoms with Crippen LogP contribution in [0.3, 0.4) is 0 Å². The van der Waals surface area contributed by atoms with Crippen molar-refractivity contribution in [1.82, 2.24) is 0 Å². The number of hydrogen-bond donors (Lipinski definition) is 0. The molecule has 3 rings (SSSR count). The molecule has 1 aliphatic rings. The summed E-state index contributed by atoms with van der Waals surface area (Å²) in [5, 5.41) is 9.16. The second-order valence-corrected chi connectivity index (χ2v) is 6.85. The second kappa shape index (κ2) is 5.98. The van der Waals surface area contributed by atoms with Crippen LogP contribution in [-0.2, 0) is 9.84 Å². The van der Waals surface area contributed by atoms with E-state index in [1.807, 2.05) is 6.92 Å². The number of anilines is 2. The fraction of sp³-hybridized carbons (Fsp3) is 0.118. The highest BCUT2D eigenvalue weighted by Gasteiger charge is 2.34. The molecule has 0 aliphatic carbocycles. The molecule has 1 aliphatic heterocycles. The number of halogens is 1. The predicted molar refractivity (Wildman–Crippen MR) is 87.0 cm³/mol. The van der Waals surface area contributed by atoms with E-state index in [1.165, 1.54) is 23.2 Å². The summed E-state index contributed by atoms with van der Waals surface area (Å²) in [6.45, 7) is 2.39. The number of fused-ring (bicyclic) bond motifs is 1. The molecular formula is C17H13FN2O3S. The van der Waals surface area contributed by atoms with Crippen molar-refractivity contribution >= 4 is 21.2 Å². The van der Waals surface area contributed by atoms with E-state index >= 15 is 0 Å². The Balaban J connectivity index is 2.18. The lowest BCUT2D eigenvalue weighted by molar-refractivity contribution is 0.340. The third kappa shape index (κ3) is 2.51. The molecule has 0 fully saturated rings. The molecule has 122 valence electrons. The number of sulfone groups is 1. The number of nitriles is 1. The smallest absolute Gasteiger partial charge is 0.223 e. The molecule has 2 aromatic rings. The topological polar surface area (TPSA) is 70.4 Å². The van der Waals surface area contributed by atoms with Crippen LogP contribution in [-0.4, -0.2) is 15.0 Å². The maximum atomic E-state index is 14.2. The molecule has 24 heavy (non-hydrogen) atoms. The summed E-state index contributed by atoms with van der Waals surface area (Å²) in [6, 6.07) is 12.5. The molecule has 1 heterocycles. The van der Waals surface area contributed by atoms with Gasteiger partial charge in [0.1, 0.15) is 22.5 Å². The van der Waals surface area contributed by atoms with Crippen molar-refractivity contribution in [1.29, 1.82) is 5.26 Å². The Morgan fingerprint density at radius 1 is 1.21 bits per heavy atom. The first kappa shape index (κ1) is 16.0. The zero-order valence-electron chi connectivity index (χ0n) is 12.7. The largest absolute Gasteiger partial charge is 0.494 e. The monoisotopic (exact) mass is 344 g/mol. The number of rotatable bonds is 3. The number of nitrogens with zero attached hydrogens (tertiary/aromatic N) is 2. The van der Waals surface area contributed by atoms with Crippen molar-refractivity contribution in [3.63, 3.8) is 0 Å². The van der Waals surface area contributed by atoms with E-state index in [4.69, 9.17) is 10.00 Å². The van der Waals surface area contributed by atoms with Crippen molar-refractivity contribution in [3.8, 4) is 11.8 Å². The first-order valence-corrected chi connectivity index (χ1v) is 8.65. The molecule has 0 unspecified atom stereocenters. The van der Waals surface area contributed by atoms with Crippen LogP contribution in [0.4, 0.5) is 15.8 Å². The molecule has 0 atom stereocenters. The van der Waals surface area contributed by atoms with Gasteiger partial charge < -0.3 is 9.64 Å². The highest BCUT2D eigenvalue weighted by molar-refractivity contribution is 7.95. The van der Waals surface area contributed by atoms with Gasteiger partial charge in [-0.1, -0.05) is 6.07 Å². The highest BCUT2D eigenvalue weighted by Crippen LogP contribution is 2.40. The minimum atomic E-state index is -4.16. The van der Waals surface area contributed by atoms with Gasteiger partial charge in [0, 0.05) is 11.9 Å². The zero-order valence-corrected chi connectivity index (χ0v) is 13.5. The normalized spacial score (nSPS) is 15.2. The van der Waals surface area contributed by atoms with Gasteiger partial charge in [-0.2, -0.15) is 5.26 Å². The van der Waals surface area contributed by atoms with Crippen LogP contribution >= 0.6 is 0 Å². The molecule has 0 spiro atoms. The molecule has 5 nitrogen and oxygen atoms in total. The van der Waals surface area contributed by atoms with Crippen molar-refractivity contribution in [2.75, 3.05) is 11.5 Å². The SMILES string of the molecule is CCOc1ccc(N2C=C(C#N)S(=O)(=O)c3c(F)cccc32)cc1. The minimum Gasteiger partial charge on any atom is -0.494 e. The third-order valence-corrected chi connectivity index (χ3v) is 5.26. The summed E-state index contributed by atoms with van der Waals surface area (Å²) in [6.07, 6.45) is 1.20. The lowest BCUT2D eigenvalue weighted by atomic mass is 10.2. The summed E-state index contributed by atoms with van der Waals surface area (Å²) >= 11 is 0. The molecular weight excluding hydrogens is 331 g/mol. The van der Waals surface area contributed by atoms with Gasteiger partial charge in [0.25, 0.3) is 0 Å². The first-order chi connectivity index (χ1) is 11.5. The van der Waals surface area contributed by atoms with Gasteiger partial charge in [0.15, 0.2) is 4.91 Å². The Labute approximate surface area is 139 Å². The average Bonchev–Trinajstić information content (AvgIpc) is 2.56. The second-order valence-electron chi connectivity index (χ2n) is 4.99. The lowest BCUT2D eigenvalue weighted by Crippen LogP contribution is -2.22. The molecule has 7 heteroatoms. The van der Waals surface area contributed by atoms with Crippen molar-refractivity contribution < 1.29 is 17.5 Å². The maximum Gasteiger partial charge on any atom is 0.223 e. The van der Waals surface area contributed by atoms with Crippen molar-refractivity contribution in [2.45, 2.75) is 11.8 Å². The van der Waals surface area contributed by atoms with E-state index in [1.54, 1.807) is 30.3 Å². The van der Waals surface area contributed by atoms with Gasteiger partial charge >= 0.3 is 0 Å². The third-order valence-electron chi connectivity index (χ3n) is 3.55. The van der Waals surface area contributed by atoms with Gasteiger partial charge in [0.05, 0.1) is 12.3 Å². The number of allylic oxidation sites excluding steroid dienone is 1. The molecule has 0 N–H and O–H groups in total. The quantitative estimate of drug-likeness (QED) is 0.852. The van der Waals surface area contributed by atoms with Gasteiger partial charge in [-0.05, 0) is 43.3 Å². The summed E-state index contributed by atoms with van der Waals surface area (Å²) in [4.78, 5) is 0.486. The summed E-state index contributed by atoms with van der Waals surface area (Å²) in [5.41, 5.74) is 0.756. The lowest BCUT2D eigenvalue weighted by Gasteiger charge is -2.27. The van der Waals surface area contributed by atoms with E-state index in [0.29, 0.717) is 18.0 Å². The molecule has 0 radical (unpaired) electrons. The van der Waals surface area contributed by atoms with E-state index in [2.05, 4.69) is 0 Å². The first-order valence-electron chi connectivity index (χ1n) is 7.16. The van der Waals surface area contributed by atoms with Crippen LogP contribution in [0.2, 0.25) is 0 Å². The van der Waals surface area contributed by atoms with Crippen LogP contribution in [0.15, 0.2) is 58.5 Å². The van der Waals surface area contributed by atoms with Crippen LogP contribution < -0.4 is 9.64 Å². The summed E-state index contributed by atoms with van der Waals surface area (Å²) in [7, 11) is -4.16. The van der Waals surface area contributed by atoms with Crippen LogP contribution in [0.25, 0.3) is 0 Å². The van der Waals surface area contributed by atoms with Crippen LogP contribution in [0.1, 0.15) is 6.92 Å². The Bertz CT molecular complexity index is 960. The molecule has 0 bridgehead atoms. The number of ether oxygens (including phenoxy) is 1. The average molecular weight is 344 g/mol. The fourth-order valence-corrected chi connectivity index (χ4v) is 3.84. The summed E-state index contributed by atoms with van der Waals surface area (Å²) < 4.78 is 44.3. The molecule has 2 aromatic carbocycles. The number of benzene rings is 2. The zero-order chi connectivity index (χ0) is 17.3. The standard InChI is InChI=1S/C17H13FN2O3S/c1-2-23-13-8-6-12(7-9-13)20-11-14(10-19)24(21,22)17-15(18)4-3-5-16(17)20/h3-9,11H,2H2,1H3. The molecule has 0 amide bonds. The van der Waals surface area contributed by atoms with E-state index in [9.17, 15) is 12.8 Å². The van der Waals surface area contributed by atoms with E-state index in [-0.39, 0.29) is 5.69 Å². The highest BCUT2D eigenvalue weighted by atomic mass is 32.2. The Hall–Kier alpha value is -2.85. The van der Waals surface area contributed by atoms with Crippen LogP contribution in [0, 0.1) is 17.1 Å². The fourth-order valence-electron chi connectivity index (χ4n) is 2.49. The predicted octanol–water partition coefficient (Wildman–Crippen LogP) is 3.51. The van der Waals surface area contributed by atoms with E-state index < -0.39 is 25.5 Å².